The number of primary amides is 1. The van der Waals surface area contributed by atoms with Crippen LogP contribution in [-0.4, -0.2) is 24.5 Å². The summed E-state index contributed by atoms with van der Waals surface area (Å²) in [6.07, 6.45) is 1.67. The molecular formula is C23H20N4O3S. The Labute approximate surface area is 179 Å². The molecule has 4 rings (SSSR count). The van der Waals surface area contributed by atoms with E-state index in [0.717, 1.165) is 38.6 Å². The number of sulfonamides is 1. The van der Waals surface area contributed by atoms with Gasteiger partial charge in [0.05, 0.1) is 11.1 Å². The van der Waals surface area contributed by atoms with Gasteiger partial charge in [0.1, 0.15) is 5.69 Å². The van der Waals surface area contributed by atoms with E-state index >= 15 is 0 Å². The van der Waals surface area contributed by atoms with Gasteiger partial charge in [-0.2, -0.15) is 5.10 Å². The van der Waals surface area contributed by atoms with E-state index in [2.05, 4.69) is 10.2 Å². The van der Waals surface area contributed by atoms with Crippen LogP contribution in [-0.2, 0) is 10.0 Å². The third-order valence-corrected chi connectivity index (χ3v) is 6.19. The van der Waals surface area contributed by atoms with Crippen LogP contribution in [0, 0.1) is 13.8 Å². The number of aromatic nitrogens is 2. The van der Waals surface area contributed by atoms with Crippen molar-refractivity contribution in [1.82, 2.24) is 10.2 Å². The fraction of sp³-hybridized carbons (Fsp3) is 0.0870. The van der Waals surface area contributed by atoms with Crippen LogP contribution in [0.25, 0.3) is 33.2 Å². The van der Waals surface area contributed by atoms with Crippen LogP contribution in [0.5, 0.6) is 0 Å². The van der Waals surface area contributed by atoms with Gasteiger partial charge in [-0.25, -0.2) is 13.6 Å². The van der Waals surface area contributed by atoms with Gasteiger partial charge >= 0.3 is 0 Å². The zero-order chi connectivity index (χ0) is 22.3. The lowest BCUT2D eigenvalue weighted by molar-refractivity contribution is 0.100. The van der Waals surface area contributed by atoms with Crippen molar-refractivity contribution in [2.24, 2.45) is 10.9 Å². The molecule has 0 aliphatic carbocycles. The molecule has 0 aliphatic heterocycles. The molecule has 0 unspecified atom stereocenters. The highest BCUT2D eigenvalue weighted by Gasteiger charge is 2.15. The summed E-state index contributed by atoms with van der Waals surface area (Å²) in [5.41, 5.74) is 10.9. The summed E-state index contributed by atoms with van der Waals surface area (Å²) in [4.78, 5) is 11.6. The van der Waals surface area contributed by atoms with Crippen molar-refractivity contribution in [3.8, 4) is 22.4 Å². The highest BCUT2D eigenvalue weighted by atomic mass is 32.2. The van der Waals surface area contributed by atoms with E-state index in [0.29, 0.717) is 11.3 Å². The van der Waals surface area contributed by atoms with Crippen LogP contribution >= 0.6 is 0 Å². The molecule has 8 heteroatoms. The molecule has 0 fully saturated rings. The molecule has 3 aromatic carbocycles. The molecule has 4 aromatic rings. The molecule has 31 heavy (non-hydrogen) atoms. The molecule has 0 saturated heterocycles. The number of primary sulfonamides is 1. The maximum Gasteiger partial charge on any atom is 0.248 e. The predicted molar refractivity (Wildman–Crippen MR) is 120 cm³/mol. The monoisotopic (exact) mass is 432 g/mol. The first-order chi connectivity index (χ1) is 14.6. The molecule has 1 heterocycles. The Morgan fingerprint density at radius 2 is 1.68 bits per heavy atom. The summed E-state index contributed by atoms with van der Waals surface area (Å²) < 4.78 is 23.3. The second-order valence-electron chi connectivity index (χ2n) is 7.41. The first-order valence-corrected chi connectivity index (χ1v) is 11.0. The number of carbonyl (C=O) groups excluding carboxylic acids is 1. The molecule has 0 radical (unpaired) electrons. The Morgan fingerprint density at radius 3 is 2.35 bits per heavy atom. The lowest BCUT2D eigenvalue weighted by Gasteiger charge is -2.12. The van der Waals surface area contributed by atoms with Crippen molar-refractivity contribution in [2.45, 2.75) is 18.7 Å². The third-order valence-electron chi connectivity index (χ3n) is 5.28. The van der Waals surface area contributed by atoms with Crippen molar-refractivity contribution in [1.29, 1.82) is 0 Å². The average molecular weight is 433 g/mol. The summed E-state index contributed by atoms with van der Waals surface area (Å²) in [7, 11) is -3.79. The molecule has 0 atom stereocenters. The van der Waals surface area contributed by atoms with Gasteiger partial charge in [0.15, 0.2) is 0 Å². The van der Waals surface area contributed by atoms with E-state index in [1.165, 1.54) is 12.1 Å². The van der Waals surface area contributed by atoms with Gasteiger partial charge in [-0.15, -0.1) is 5.10 Å². The number of fused-ring (bicyclic) bond motifs is 1. The molecule has 0 spiro atoms. The van der Waals surface area contributed by atoms with Crippen LogP contribution in [0.15, 0.2) is 65.7 Å². The number of carbonyl (C=O) groups is 1. The zero-order valence-electron chi connectivity index (χ0n) is 17.0. The number of nitrogens with two attached hydrogens (primary N) is 2. The smallest absolute Gasteiger partial charge is 0.248 e. The van der Waals surface area contributed by atoms with Crippen molar-refractivity contribution in [3.05, 3.63) is 77.5 Å². The van der Waals surface area contributed by atoms with E-state index in [4.69, 9.17) is 10.9 Å². The van der Waals surface area contributed by atoms with Crippen molar-refractivity contribution in [3.63, 3.8) is 0 Å². The first-order valence-electron chi connectivity index (χ1n) is 9.45. The second-order valence-corrected chi connectivity index (χ2v) is 8.97. The van der Waals surface area contributed by atoms with Gasteiger partial charge in [0, 0.05) is 21.9 Å². The summed E-state index contributed by atoms with van der Waals surface area (Å²) in [5, 5.41) is 15.4. The van der Waals surface area contributed by atoms with Crippen molar-refractivity contribution >= 4 is 26.7 Å². The highest BCUT2D eigenvalue weighted by Crippen LogP contribution is 2.33. The van der Waals surface area contributed by atoms with E-state index in [-0.39, 0.29) is 4.90 Å². The van der Waals surface area contributed by atoms with Crippen LogP contribution < -0.4 is 10.9 Å². The lowest BCUT2D eigenvalue weighted by Crippen LogP contribution is -2.12. The molecule has 0 aliphatic rings. The van der Waals surface area contributed by atoms with Gasteiger partial charge in [-0.3, -0.25) is 4.79 Å². The fourth-order valence-electron chi connectivity index (χ4n) is 3.62. The quantitative estimate of drug-likeness (QED) is 0.511. The number of aryl methyl sites for hydroxylation is 2. The average Bonchev–Trinajstić information content (AvgIpc) is 2.72. The van der Waals surface area contributed by atoms with Gasteiger partial charge in [0.2, 0.25) is 15.9 Å². The van der Waals surface area contributed by atoms with Gasteiger partial charge < -0.3 is 5.73 Å². The Hall–Kier alpha value is -3.62. The summed E-state index contributed by atoms with van der Waals surface area (Å²) >= 11 is 0. The fourth-order valence-corrected chi connectivity index (χ4v) is 4.22. The van der Waals surface area contributed by atoms with Crippen molar-refractivity contribution in [2.75, 3.05) is 0 Å². The molecule has 1 aromatic heterocycles. The summed E-state index contributed by atoms with van der Waals surface area (Å²) in [5.74, 6) is -0.478. The minimum atomic E-state index is -3.79. The molecule has 7 nitrogen and oxygen atoms in total. The van der Waals surface area contributed by atoms with E-state index in [1.807, 2.05) is 31.2 Å². The number of amides is 1. The predicted octanol–water partition coefficient (Wildman–Crippen LogP) is 3.33. The highest BCUT2D eigenvalue weighted by molar-refractivity contribution is 7.89. The lowest BCUT2D eigenvalue weighted by atomic mass is 9.94. The first kappa shape index (κ1) is 20.6. The standard InChI is InChI=1S/C23H20N4O3S/c1-13-3-4-16(23(24)28)11-21(13)15-5-7-20-17(10-15)12-26-27-22(20)19-8-6-18(9-14(19)2)31(25,29)30/h3-12H,1-2H3,(H2,24,28)(H2,25,29,30). The Bertz CT molecular complexity index is 1460. The molecule has 0 bridgehead atoms. The number of hydrogen-bond acceptors (Lipinski definition) is 5. The SMILES string of the molecule is Cc1ccc(C(N)=O)cc1-c1ccc2c(-c3ccc(S(N)(=O)=O)cc3C)nncc2c1. The molecule has 4 N–H and O–H groups in total. The minimum absolute atomic E-state index is 0.0500. The Kier molecular flexibility index (Phi) is 5.04. The maximum absolute atomic E-state index is 11.6. The van der Waals surface area contributed by atoms with Crippen LogP contribution in [0.4, 0.5) is 0 Å². The largest absolute Gasteiger partial charge is 0.366 e. The maximum atomic E-state index is 11.6. The number of benzene rings is 3. The number of hydrogen-bond donors (Lipinski definition) is 2. The summed E-state index contributed by atoms with van der Waals surface area (Å²) in [6, 6.07) is 15.9. The minimum Gasteiger partial charge on any atom is -0.366 e. The van der Waals surface area contributed by atoms with E-state index < -0.39 is 15.9 Å². The zero-order valence-corrected chi connectivity index (χ0v) is 17.8. The van der Waals surface area contributed by atoms with Gasteiger partial charge in [-0.05, 0) is 66.4 Å². The second kappa shape index (κ2) is 7.57. The van der Waals surface area contributed by atoms with Gasteiger partial charge in [-0.1, -0.05) is 24.3 Å². The Balaban J connectivity index is 1.86. The molecular weight excluding hydrogens is 412 g/mol. The van der Waals surface area contributed by atoms with Crippen LogP contribution in [0.3, 0.4) is 0 Å². The molecule has 156 valence electrons. The van der Waals surface area contributed by atoms with Crippen molar-refractivity contribution < 1.29 is 13.2 Å². The number of nitrogens with zero attached hydrogens (tertiary/aromatic N) is 2. The van der Waals surface area contributed by atoms with E-state index in [1.54, 1.807) is 31.3 Å². The Morgan fingerprint density at radius 1 is 0.903 bits per heavy atom. The normalized spacial score (nSPS) is 11.6. The van der Waals surface area contributed by atoms with Gasteiger partial charge in [0.25, 0.3) is 0 Å². The summed E-state index contributed by atoms with van der Waals surface area (Å²) in [6.45, 7) is 3.77. The molecule has 1 amide bonds. The van der Waals surface area contributed by atoms with E-state index in [9.17, 15) is 13.2 Å². The molecule has 0 saturated carbocycles. The third kappa shape index (κ3) is 3.90. The van der Waals surface area contributed by atoms with Crippen LogP contribution in [0.1, 0.15) is 21.5 Å². The van der Waals surface area contributed by atoms with Crippen LogP contribution in [0.2, 0.25) is 0 Å². The topological polar surface area (TPSA) is 129 Å². The number of rotatable bonds is 4.